The molecule has 1 amide bonds. The maximum Gasteiger partial charge on any atom is 0.524 e. The Labute approximate surface area is 127 Å². The van der Waals surface area contributed by atoms with Gasteiger partial charge in [0.2, 0.25) is 5.91 Å². The summed E-state index contributed by atoms with van der Waals surface area (Å²) in [5, 5.41) is 2.60. The van der Waals surface area contributed by atoms with E-state index in [4.69, 9.17) is 15.5 Å². The van der Waals surface area contributed by atoms with Crippen molar-refractivity contribution in [3.8, 4) is 5.75 Å². The topological polar surface area (TPSA) is 122 Å². The number of phosphoric acid groups is 1. The minimum Gasteiger partial charge on any atom is -0.404 e. The molecule has 0 unspecified atom stereocenters. The largest absolute Gasteiger partial charge is 0.524 e. The Morgan fingerprint density at radius 1 is 1.32 bits per heavy atom. The van der Waals surface area contributed by atoms with Crippen LogP contribution in [-0.4, -0.2) is 22.2 Å². The molecule has 0 aliphatic heterocycles. The van der Waals surface area contributed by atoms with Gasteiger partial charge in [0.1, 0.15) is 12.4 Å². The lowest BCUT2D eigenvalue weighted by Gasteiger charge is -2.12. The quantitative estimate of drug-likeness (QED) is 0.405. The predicted octanol–water partition coefficient (Wildman–Crippen LogP) is 2.09. The first-order valence-electron chi connectivity index (χ1n) is 6.79. The Kier molecular flexibility index (Phi) is 7.47. The highest BCUT2D eigenvalue weighted by atomic mass is 31.2. The standard InChI is InChI=1S/C13H20FN2O5P/c14-9-10-8-11(5-6-12(10)21-22(18,19)20)16-13(17)4-2-1-3-7-15/h5-6,8H,1-4,7,9,15H2,(H,16,17)(H2,18,19,20). The Morgan fingerprint density at radius 3 is 2.64 bits per heavy atom. The fourth-order valence-corrected chi connectivity index (χ4v) is 2.24. The van der Waals surface area contributed by atoms with Gasteiger partial charge in [-0.15, -0.1) is 0 Å². The molecule has 0 aromatic heterocycles. The fraction of sp³-hybridized carbons (Fsp3) is 0.462. The van der Waals surface area contributed by atoms with E-state index in [1.165, 1.54) is 18.2 Å². The number of alkyl halides is 1. The van der Waals surface area contributed by atoms with Crippen molar-refractivity contribution in [1.82, 2.24) is 0 Å². The maximum absolute atomic E-state index is 12.9. The second kappa shape index (κ2) is 8.85. The number of carbonyl (C=O) groups excluding carboxylic acids is 1. The van der Waals surface area contributed by atoms with Crippen LogP contribution in [0.5, 0.6) is 5.75 Å². The molecule has 124 valence electrons. The summed E-state index contributed by atoms with van der Waals surface area (Å²) in [5.41, 5.74) is 5.65. The number of hydrogen-bond donors (Lipinski definition) is 4. The van der Waals surface area contributed by atoms with E-state index in [-0.39, 0.29) is 17.2 Å². The average Bonchev–Trinajstić information content (AvgIpc) is 2.44. The third-order valence-electron chi connectivity index (χ3n) is 2.81. The minimum atomic E-state index is -4.76. The molecule has 1 aromatic rings. The molecule has 0 radical (unpaired) electrons. The van der Waals surface area contributed by atoms with Crippen molar-refractivity contribution < 1.29 is 28.1 Å². The SMILES string of the molecule is NCCCCCC(=O)Nc1ccc(OP(=O)(O)O)c(CF)c1. The van der Waals surface area contributed by atoms with Crippen LogP contribution in [-0.2, 0) is 16.0 Å². The van der Waals surface area contributed by atoms with Gasteiger partial charge in [0.15, 0.2) is 0 Å². The molecule has 5 N–H and O–H groups in total. The molecule has 9 heteroatoms. The van der Waals surface area contributed by atoms with Gasteiger partial charge >= 0.3 is 7.82 Å². The highest BCUT2D eigenvalue weighted by Gasteiger charge is 2.18. The van der Waals surface area contributed by atoms with Gasteiger partial charge in [-0.05, 0) is 37.6 Å². The highest BCUT2D eigenvalue weighted by Crippen LogP contribution is 2.40. The first-order valence-corrected chi connectivity index (χ1v) is 8.32. The van der Waals surface area contributed by atoms with E-state index in [1.807, 2.05) is 0 Å². The van der Waals surface area contributed by atoms with Gasteiger partial charge in [0.05, 0.1) is 0 Å². The van der Waals surface area contributed by atoms with Crippen molar-refractivity contribution in [1.29, 1.82) is 0 Å². The summed E-state index contributed by atoms with van der Waals surface area (Å²) in [4.78, 5) is 29.2. The summed E-state index contributed by atoms with van der Waals surface area (Å²) >= 11 is 0. The molecule has 0 aliphatic carbocycles. The summed E-state index contributed by atoms with van der Waals surface area (Å²) in [6, 6.07) is 3.88. The molecule has 22 heavy (non-hydrogen) atoms. The van der Waals surface area contributed by atoms with Gasteiger partial charge in [0, 0.05) is 17.7 Å². The van der Waals surface area contributed by atoms with Gasteiger partial charge in [-0.3, -0.25) is 14.6 Å². The first-order chi connectivity index (χ1) is 10.4. The molecule has 0 saturated heterocycles. The smallest absolute Gasteiger partial charge is 0.404 e. The molecule has 0 bridgehead atoms. The zero-order chi connectivity index (χ0) is 16.6. The van der Waals surface area contributed by atoms with Crippen LogP contribution in [0.1, 0.15) is 31.2 Å². The van der Waals surface area contributed by atoms with Crippen LogP contribution in [0.4, 0.5) is 10.1 Å². The summed E-state index contributed by atoms with van der Waals surface area (Å²) in [7, 11) is -4.76. The zero-order valence-corrected chi connectivity index (χ0v) is 12.9. The van der Waals surface area contributed by atoms with Crippen molar-refractivity contribution in [3.05, 3.63) is 23.8 Å². The van der Waals surface area contributed by atoms with Crippen LogP contribution in [0.15, 0.2) is 18.2 Å². The van der Waals surface area contributed by atoms with E-state index >= 15 is 0 Å². The van der Waals surface area contributed by atoms with E-state index in [0.29, 0.717) is 25.1 Å². The Morgan fingerprint density at radius 2 is 2.05 bits per heavy atom. The highest BCUT2D eigenvalue weighted by molar-refractivity contribution is 7.46. The lowest BCUT2D eigenvalue weighted by Crippen LogP contribution is -2.11. The summed E-state index contributed by atoms with van der Waals surface area (Å²) < 4.78 is 28.1. The number of amides is 1. The second-order valence-electron chi connectivity index (χ2n) is 4.69. The monoisotopic (exact) mass is 334 g/mol. The van der Waals surface area contributed by atoms with E-state index in [1.54, 1.807) is 0 Å². The first kappa shape index (κ1) is 18.6. The number of benzene rings is 1. The Balaban J connectivity index is 2.65. The number of carbonyl (C=O) groups is 1. The summed E-state index contributed by atoms with van der Waals surface area (Å²) in [6.45, 7) is -0.391. The van der Waals surface area contributed by atoms with Crippen LogP contribution in [0.3, 0.4) is 0 Å². The Hall–Kier alpha value is -1.47. The second-order valence-corrected chi connectivity index (χ2v) is 5.85. The molecule has 0 aliphatic rings. The van der Waals surface area contributed by atoms with Crippen molar-refractivity contribution >= 4 is 19.4 Å². The van der Waals surface area contributed by atoms with Crippen molar-refractivity contribution in [2.45, 2.75) is 32.4 Å². The van der Waals surface area contributed by atoms with Crippen molar-refractivity contribution in [3.63, 3.8) is 0 Å². The van der Waals surface area contributed by atoms with Gasteiger partial charge in [-0.2, -0.15) is 0 Å². The normalized spacial score (nSPS) is 11.3. The molecular weight excluding hydrogens is 314 g/mol. The maximum atomic E-state index is 12.9. The lowest BCUT2D eigenvalue weighted by atomic mass is 10.1. The summed E-state index contributed by atoms with van der Waals surface area (Å²) in [6.07, 6.45) is 2.74. The van der Waals surface area contributed by atoms with E-state index in [9.17, 15) is 13.8 Å². The lowest BCUT2D eigenvalue weighted by molar-refractivity contribution is -0.116. The molecule has 0 saturated carbocycles. The zero-order valence-electron chi connectivity index (χ0n) is 12.0. The number of halogens is 1. The number of phosphoric ester groups is 1. The number of hydrogen-bond acceptors (Lipinski definition) is 4. The molecule has 0 heterocycles. The van der Waals surface area contributed by atoms with E-state index in [0.717, 1.165) is 12.8 Å². The third-order valence-corrected chi connectivity index (χ3v) is 3.25. The van der Waals surface area contributed by atoms with Crippen LogP contribution < -0.4 is 15.6 Å². The van der Waals surface area contributed by atoms with Crippen LogP contribution in [0.25, 0.3) is 0 Å². The number of unbranched alkanes of at least 4 members (excludes halogenated alkanes) is 2. The number of nitrogens with two attached hydrogens (primary N) is 1. The molecule has 1 aromatic carbocycles. The van der Waals surface area contributed by atoms with E-state index in [2.05, 4.69) is 9.84 Å². The number of rotatable bonds is 9. The molecule has 7 nitrogen and oxygen atoms in total. The number of nitrogens with one attached hydrogen (secondary N) is 1. The third kappa shape index (κ3) is 7.00. The predicted molar refractivity (Wildman–Crippen MR) is 80.1 cm³/mol. The summed E-state index contributed by atoms with van der Waals surface area (Å²) in [5.74, 6) is -0.470. The van der Waals surface area contributed by atoms with Gasteiger partial charge in [-0.1, -0.05) is 6.42 Å². The molecule has 0 atom stereocenters. The molecule has 1 rings (SSSR count). The minimum absolute atomic E-state index is 0.0516. The van der Waals surface area contributed by atoms with Crippen LogP contribution in [0, 0.1) is 0 Å². The molecule has 0 fully saturated rings. The van der Waals surface area contributed by atoms with Crippen LogP contribution in [0.2, 0.25) is 0 Å². The number of anilines is 1. The Bertz CT molecular complexity index is 549. The molecular formula is C13H20FN2O5P. The fourth-order valence-electron chi connectivity index (χ4n) is 1.81. The molecule has 0 spiro atoms. The van der Waals surface area contributed by atoms with Crippen LogP contribution >= 0.6 is 7.82 Å². The van der Waals surface area contributed by atoms with E-state index < -0.39 is 14.5 Å². The average molecular weight is 334 g/mol. The van der Waals surface area contributed by atoms with Gasteiger partial charge < -0.3 is 15.6 Å². The van der Waals surface area contributed by atoms with Gasteiger partial charge in [-0.25, -0.2) is 8.96 Å². The van der Waals surface area contributed by atoms with Gasteiger partial charge in [0.25, 0.3) is 0 Å². The van der Waals surface area contributed by atoms with Crippen molar-refractivity contribution in [2.75, 3.05) is 11.9 Å². The van der Waals surface area contributed by atoms with Crippen molar-refractivity contribution in [2.24, 2.45) is 5.73 Å².